The molecule has 0 heterocycles. The SMILES string of the molecule is COc1cc(OC)c(CNC(=O)[C@@H](Cc2ccc(Br)cc2)C[C@H](NC(=O)OC(C)(C)C)C(=O)OC(C)(C)C)c(OC)c1. The number of ether oxygens (including phenoxy) is 5. The molecular formula is C31H43BrN2O8. The van der Waals surface area contributed by atoms with Crippen molar-refractivity contribution in [1.29, 1.82) is 0 Å². The Morgan fingerprint density at radius 3 is 1.86 bits per heavy atom. The molecule has 0 aliphatic rings. The van der Waals surface area contributed by atoms with Gasteiger partial charge >= 0.3 is 12.1 Å². The summed E-state index contributed by atoms with van der Waals surface area (Å²) in [4.78, 5) is 39.7. The van der Waals surface area contributed by atoms with Gasteiger partial charge in [-0.1, -0.05) is 28.1 Å². The molecule has 0 aliphatic heterocycles. The summed E-state index contributed by atoms with van der Waals surface area (Å²) < 4.78 is 28.2. The van der Waals surface area contributed by atoms with Crippen molar-refractivity contribution in [2.75, 3.05) is 21.3 Å². The lowest BCUT2D eigenvalue weighted by Crippen LogP contribution is -2.48. The Morgan fingerprint density at radius 1 is 0.833 bits per heavy atom. The second-order valence-electron chi connectivity index (χ2n) is 11.7. The maximum atomic E-state index is 13.7. The van der Waals surface area contributed by atoms with Crippen LogP contribution in [0.1, 0.15) is 59.1 Å². The standard InChI is InChI=1S/C31H43BrN2O8/c1-30(2,3)41-28(36)24(34-29(37)42-31(4,5)6)15-20(14-19-10-12-21(32)13-11-19)27(35)33-18-23-25(39-8)16-22(38-7)17-26(23)40-9/h10-13,16-17,20,24H,14-15,18H2,1-9H3,(H,33,35)(H,34,37)/t20-,24-/m0/s1. The van der Waals surface area contributed by atoms with Crippen LogP contribution in [0.4, 0.5) is 4.79 Å². The van der Waals surface area contributed by atoms with Gasteiger partial charge in [-0.2, -0.15) is 0 Å². The predicted octanol–water partition coefficient (Wildman–Crippen LogP) is 5.58. The van der Waals surface area contributed by atoms with Crippen molar-refractivity contribution < 1.29 is 38.1 Å². The molecule has 2 amide bonds. The van der Waals surface area contributed by atoms with E-state index in [9.17, 15) is 14.4 Å². The Morgan fingerprint density at radius 2 is 1.38 bits per heavy atom. The summed E-state index contributed by atoms with van der Waals surface area (Å²) >= 11 is 3.43. The van der Waals surface area contributed by atoms with E-state index in [2.05, 4.69) is 26.6 Å². The summed E-state index contributed by atoms with van der Waals surface area (Å²) in [5.74, 6) is -0.226. The van der Waals surface area contributed by atoms with Crippen molar-refractivity contribution in [3.8, 4) is 17.2 Å². The third-order valence-corrected chi connectivity index (χ3v) is 6.45. The van der Waals surface area contributed by atoms with E-state index in [1.165, 1.54) is 21.3 Å². The molecule has 0 aliphatic carbocycles. The van der Waals surface area contributed by atoms with Gasteiger partial charge in [-0.15, -0.1) is 0 Å². The lowest BCUT2D eigenvalue weighted by atomic mass is 9.91. The molecule has 0 radical (unpaired) electrons. The molecule has 10 nitrogen and oxygen atoms in total. The van der Waals surface area contributed by atoms with Crippen LogP contribution in [0.3, 0.4) is 0 Å². The molecule has 2 aromatic rings. The van der Waals surface area contributed by atoms with Crippen LogP contribution in [0.25, 0.3) is 0 Å². The van der Waals surface area contributed by atoms with Crippen molar-refractivity contribution >= 4 is 33.9 Å². The van der Waals surface area contributed by atoms with Crippen LogP contribution in [0, 0.1) is 5.92 Å². The van der Waals surface area contributed by atoms with Crippen LogP contribution in [0.2, 0.25) is 0 Å². The number of methoxy groups -OCH3 is 3. The number of hydrogen-bond acceptors (Lipinski definition) is 8. The third kappa shape index (κ3) is 11.4. The van der Waals surface area contributed by atoms with Gasteiger partial charge in [0.1, 0.15) is 34.5 Å². The summed E-state index contributed by atoms with van der Waals surface area (Å²) in [6, 6.07) is 9.80. The normalized spacial score (nSPS) is 12.9. The quantitative estimate of drug-likeness (QED) is 0.286. The monoisotopic (exact) mass is 650 g/mol. The molecule has 0 unspecified atom stereocenters. The van der Waals surface area contributed by atoms with Gasteiger partial charge in [0.2, 0.25) is 5.91 Å². The summed E-state index contributed by atoms with van der Waals surface area (Å²) in [6.45, 7) is 10.5. The van der Waals surface area contributed by atoms with Crippen LogP contribution < -0.4 is 24.8 Å². The summed E-state index contributed by atoms with van der Waals surface area (Å²) in [7, 11) is 4.57. The van der Waals surface area contributed by atoms with Crippen molar-refractivity contribution in [3.63, 3.8) is 0 Å². The first kappa shape index (κ1) is 34.7. The highest BCUT2D eigenvalue weighted by atomic mass is 79.9. The fraction of sp³-hybridized carbons (Fsp3) is 0.516. The van der Waals surface area contributed by atoms with E-state index in [-0.39, 0.29) is 18.9 Å². The minimum Gasteiger partial charge on any atom is -0.496 e. The van der Waals surface area contributed by atoms with Crippen molar-refractivity contribution in [1.82, 2.24) is 10.6 Å². The molecule has 0 saturated carbocycles. The lowest BCUT2D eigenvalue weighted by molar-refractivity contribution is -0.158. The highest BCUT2D eigenvalue weighted by Crippen LogP contribution is 2.34. The number of amides is 2. The minimum atomic E-state index is -1.14. The Labute approximate surface area is 256 Å². The molecule has 0 spiro atoms. The number of carbonyl (C=O) groups is 3. The number of carbonyl (C=O) groups excluding carboxylic acids is 3. The Bertz CT molecular complexity index is 1190. The van der Waals surface area contributed by atoms with Gasteiger partial charge in [0.05, 0.1) is 33.4 Å². The zero-order valence-electron chi connectivity index (χ0n) is 25.9. The molecule has 0 aromatic heterocycles. The van der Waals surface area contributed by atoms with Gasteiger partial charge < -0.3 is 34.3 Å². The lowest BCUT2D eigenvalue weighted by Gasteiger charge is -2.28. The first-order valence-electron chi connectivity index (χ1n) is 13.6. The largest absolute Gasteiger partial charge is 0.496 e. The molecule has 42 heavy (non-hydrogen) atoms. The van der Waals surface area contributed by atoms with E-state index < -0.39 is 35.2 Å². The molecular weight excluding hydrogens is 608 g/mol. The smallest absolute Gasteiger partial charge is 0.408 e. The second-order valence-corrected chi connectivity index (χ2v) is 12.6. The Balaban J connectivity index is 2.40. The Kier molecular flexibility index (Phi) is 12.5. The number of halogens is 1. The number of hydrogen-bond donors (Lipinski definition) is 2. The maximum absolute atomic E-state index is 13.7. The van der Waals surface area contributed by atoms with E-state index in [0.29, 0.717) is 29.2 Å². The molecule has 0 fully saturated rings. The van der Waals surface area contributed by atoms with Gasteiger partial charge in [0, 0.05) is 22.5 Å². The second kappa shape index (κ2) is 15.1. The van der Waals surface area contributed by atoms with Crippen LogP contribution in [0.5, 0.6) is 17.2 Å². The first-order chi connectivity index (χ1) is 19.5. The molecule has 2 atom stereocenters. The number of benzene rings is 2. The summed E-state index contributed by atoms with van der Waals surface area (Å²) in [6.07, 6.45) is -0.521. The van der Waals surface area contributed by atoms with Crippen LogP contribution in [0.15, 0.2) is 40.9 Å². The van der Waals surface area contributed by atoms with Gasteiger partial charge in [-0.3, -0.25) is 4.79 Å². The van der Waals surface area contributed by atoms with E-state index in [0.717, 1.165) is 10.0 Å². The van der Waals surface area contributed by atoms with Crippen LogP contribution in [-0.2, 0) is 32.0 Å². The van der Waals surface area contributed by atoms with Gasteiger partial charge in [-0.05, 0) is 72.1 Å². The predicted molar refractivity (Wildman–Crippen MR) is 163 cm³/mol. The van der Waals surface area contributed by atoms with E-state index >= 15 is 0 Å². The molecule has 2 aromatic carbocycles. The Hall–Kier alpha value is -3.47. The van der Waals surface area contributed by atoms with Crippen molar-refractivity contribution in [3.05, 3.63) is 52.0 Å². The van der Waals surface area contributed by atoms with E-state index in [1.54, 1.807) is 53.7 Å². The minimum absolute atomic E-state index is 0.0348. The van der Waals surface area contributed by atoms with E-state index in [4.69, 9.17) is 23.7 Å². The van der Waals surface area contributed by atoms with Gasteiger partial charge in [-0.25, -0.2) is 9.59 Å². The zero-order chi connectivity index (χ0) is 31.7. The molecule has 2 rings (SSSR count). The van der Waals surface area contributed by atoms with Crippen LogP contribution in [-0.4, -0.2) is 56.5 Å². The summed E-state index contributed by atoms with van der Waals surface area (Å²) in [5.41, 5.74) is -0.103. The van der Waals surface area contributed by atoms with E-state index in [1.807, 2.05) is 24.3 Å². The highest BCUT2D eigenvalue weighted by Gasteiger charge is 2.33. The highest BCUT2D eigenvalue weighted by molar-refractivity contribution is 9.10. The number of esters is 1. The number of nitrogens with one attached hydrogen (secondary N) is 2. The fourth-order valence-electron chi connectivity index (χ4n) is 4.08. The van der Waals surface area contributed by atoms with Crippen molar-refractivity contribution in [2.24, 2.45) is 5.92 Å². The molecule has 0 saturated heterocycles. The fourth-order valence-corrected chi connectivity index (χ4v) is 4.35. The van der Waals surface area contributed by atoms with Crippen LogP contribution >= 0.6 is 15.9 Å². The average Bonchev–Trinajstić information content (AvgIpc) is 2.89. The molecule has 11 heteroatoms. The maximum Gasteiger partial charge on any atom is 0.408 e. The molecule has 232 valence electrons. The summed E-state index contributed by atoms with van der Waals surface area (Å²) in [5, 5.41) is 5.58. The average molecular weight is 652 g/mol. The molecule has 0 bridgehead atoms. The van der Waals surface area contributed by atoms with Crippen molar-refractivity contribution in [2.45, 2.75) is 78.2 Å². The topological polar surface area (TPSA) is 121 Å². The van der Waals surface area contributed by atoms with Gasteiger partial charge in [0.25, 0.3) is 0 Å². The molecule has 2 N–H and O–H groups in total. The third-order valence-electron chi connectivity index (χ3n) is 5.93. The van der Waals surface area contributed by atoms with Gasteiger partial charge in [0.15, 0.2) is 0 Å². The first-order valence-corrected chi connectivity index (χ1v) is 14.4. The number of rotatable bonds is 12. The zero-order valence-corrected chi connectivity index (χ0v) is 27.5. The number of alkyl carbamates (subject to hydrolysis) is 1.